The van der Waals surface area contributed by atoms with Gasteiger partial charge in [-0.05, 0) is 32.0 Å². The molecule has 0 spiro atoms. The van der Waals surface area contributed by atoms with E-state index in [0.717, 1.165) is 16.5 Å². The monoisotopic (exact) mass is 397 g/mol. The number of halogens is 2. The van der Waals surface area contributed by atoms with Crippen LogP contribution in [0.4, 0.5) is 19.3 Å². The fourth-order valence-corrected chi connectivity index (χ4v) is 3.92. The number of aryl methyl sites for hydroxylation is 1. The highest BCUT2D eigenvalue weighted by Crippen LogP contribution is 2.46. The van der Waals surface area contributed by atoms with Crippen LogP contribution >= 0.6 is 0 Å². The Hall–Kier alpha value is -3.22. The molecule has 2 amide bonds. The predicted octanol–water partition coefficient (Wildman–Crippen LogP) is 4.82. The zero-order valence-corrected chi connectivity index (χ0v) is 16.2. The molecular formula is C22H21F2N3O2. The number of rotatable bonds is 3. The molecular weight excluding hydrogens is 376 g/mol. The molecule has 0 aliphatic carbocycles. The third kappa shape index (κ3) is 3.26. The summed E-state index contributed by atoms with van der Waals surface area (Å²) < 4.78 is 34.0. The maximum absolute atomic E-state index is 14.5. The molecule has 0 unspecified atom stereocenters. The van der Waals surface area contributed by atoms with Crippen LogP contribution in [-0.4, -0.2) is 23.3 Å². The summed E-state index contributed by atoms with van der Waals surface area (Å²) >= 11 is 0. The number of aromatic nitrogens is 1. The normalized spacial score (nSPS) is 20.8. The number of hydrogen-bond donors (Lipinski definition) is 1. The maximum Gasteiger partial charge on any atom is 0.319 e. The standard InChI is InChI=1S/C22H21F2N3O2/c1-13-9-16-14(11-26-13)5-3-8-18(16)27(21(25)28)19-10-22(2,12-23)29-20-15(19)6-4-7-17(20)24/h3-9,11,19H,10,12H2,1-2H3,(H2,25,28)/t19-,22+/m1/s1. The Morgan fingerprint density at radius 2 is 2.10 bits per heavy atom. The van der Waals surface area contributed by atoms with E-state index in [-0.39, 0.29) is 12.2 Å². The van der Waals surface area contributed by atoms with Crippen molar-refractivity contribution in [3.05, 3.63) is 65.7 Å². The number of ether oxygens (including phenoxy) is 1. The minimum Gasteiger partial charge on any atom is -0.481 e. The van der Waals surface area contributed by atoms with E-state index in [4.69, 9.17) is 10.5 Å². The second-order valence-electron chi connectivity index (χ2n) is 7.60. The van der Waals surface area contributed by atoms with E-state index in [1.54, 1.807) is 37.4 Å². The SMILES string of the molecule is Cc1cc2c(N(C(N)=O)[C@@H]3C[C@@](C)(CF)Oc4c(F)cccc43)cccc2cn1. The quantitative estimate of drug-likeness (QED) is 0.689. The number of primary amides is 1. The van der Waals surface area contributed by atoms with Gasteiger partial charge in [0.05, 0.1) is 11.7 Å². The highest BCUT2D eigenvalue weighted by atomic mass is 19.1. The zero-order valence-electron chi connectivity index (χ0n) is 16.2. The van der Waals surface area contributed by atoms with Crippen LogP contribution in [0, 0.1) is 12.7 Å². The summed E-state index contributed by atoms with van der Waals surface area (Å²) in [6, 6.07) is 10.4. The Balaban J connectivity index is 1.95. The third-order valence-corrected chi connectivity index (χ3v) is 5.30. The largest absolute Gasteiger partial charge is 0.481 e. The molecule has 0 radical (unpaired) electrons. The molecule has 0 saturated carbocycles. The molecule has 1 aliphatic heterocycles. The van der Waals surface area contributed by atoms with Gasteiger partial charge in [-0.25, -0.2) is 13.6 Å². The van der Waals surface area contributed by atoms with Crippen molar-refractivity contribution in [2.24, 2.45) is 5.73 Å². The molecule has 0 bridgehead atoms. The lowest BCUT2D eigenvalue weighted by molar-refractivity contribution is 0.0254. The first-order valence-corrected chi connectivity index (χ1v) is 9.30. The molecule has 2 aromatic carbocycles. The number of para-hydroxylation sites is 1. The summed E-state index contributed by atoms with van der Waals surface area (Å²) in [6.07, 6.45) is 1.85. The van der Waals surface area contributed by atoms with E-state index in [1.807, 2.05) is 19.1 Å². The molecule has 150 valence electrons. The van der Waals surface area contributed by atoms with Crippen LogP contribution < -0.4 is 15.4 Å². The topological polar surface area (TPSA) is 68.5 Å². The van der Waals surface area contributed by atoms with E-state index >= 15 is 0 Å². The predicted molar refractivity (Wildman–Crippen MR) is 107 cm³/mol. The van der Waals surface area contributed by atoms with Crippen LogP contribution in [0.5, 0.6) is 5.75 Å². The summed E-state index contributed by atoms with van der Waals surface area (Å²) in [4.78, 5) is 18.3. The molecule has 2 heterocycles. The number of amides is 2. The summed E-state index contributed by atoms with van der Waals surface area (Å²) in [6.45, 7) is 2.58. The molecule has 0 saturated heterocycles. The Labute approximate surface area is 167 Å². The summed E-state index contributed by atoms with van der Waals surface area (Å²) in [7, 11) is 0. The molecule has 1 aliphatic rings. The molecule has 0 fully saturated rings. The van der Waals surface area contributed by atoms with Crippen molar-refractivity contribution in [2.75, 3.05) is 11.6 Å². The van der Waals surface area contributed by atoms with Crippen molar-refractivity contribution in [1.29, 1.82) is 0 Å². The molecule has 5 nitrogen and oxygen atoms in total. The lowest BCUT2D eigenvalue weighted by atomic mass is 9.87. The Morgan fingerprint density at radius 3 is 2.83 bits per heavy atom. The highest BCUT2D eigenvalue weighted by molar-refractivity contribution is 6.03. The lowest BCUT2D eigenvalue weighted by Crippen LogP contribution is -2.48. The van der Waals surface area contributed by atoms with Crippen LogP contribution in [0.2, 0.25) is 0 Å². The van der Waals surface area contributed by atoms with E-state index in [1.165, 1.54) is 11.0 Å². The Morgan fingerprint density at radius 1 is 1.34 bits per heavy atom. The summed E-state index contributed by atoms with van der Waals surface area (Å²) in [5, 5.41) is 1.62. The molecule has 3 aromatic rings. The van der Waals surface area contributed by atoms with Crippen molar-refractivity contribution in [3.63, 3.8) is 0 Å². The van der Waals surface area contributed by atoms with Crippen molar-refractivity contribution >= 4 is 22.5 Å². The number of hydrogen-bond acceptors (Lipinski definition) is 3. The number of nitrogens with zero attached hydrogens (tertiary/aromatic N) is 2. The van der Waals surface area contributed by atoms with E-state index < -0.39 is 30.2 Å². The van der Waals surface area contributed by atoms with Crippen molar-refractivity contribution in [1.82, 2.24) is 4.98 Å². The third-order valence-electron chi connectivity index (χ3n) is 5.30. The van der Waals surface area contributed by atoms with Crippen LogP contribution in [0.15, 0.2) is 48.7 Å². The van der Waals surface area contributed by atoms with Gasteiger partial charge in [-0.15, -0.1) is 0 Å². The fourth-order valence-electron chi connectivity index (χ4n) is 3.92. The van der Waals surface area contributed by atoms with Gasteiger partial charge < -0.3 is 10.5 Å². The average molecular weight is 397 g/mol. The average Bonchev–Trinajstić information content (AvgIpc) is 2.69. The molecule has 7 heteroatoms. The van der Waals surface area contributed by atoms with Gasteiger partial charge in [-0.3, -0.25) is 9.88 Å². The van der Waals surface area contributed by atoms with Crippen LogP contribution in [0.3, 0.4) is 0 Å². The molecule has 4 rings (SSSR count). The van der Waals surface area contributed by atoms with Crippen molar-refractivity contribution in [2.45, 2.75) is 31.9 Å². The van der Waals surface area contributed by atoms with Gasteiger partial charge in [0.1, 0.15) is 12.3 Å². The first-order chi connectivity index (χ1) is 13.8. The van der Waals surface area contributed by atoms with E-state index in [0.29, 0.717) is 11.3 Å². The van der Waals surface area contributed by atoms with Crippen LogP contribution in [0.1, 0.15) is 30.6 Å². The maximum atomic E-state index is 14.5. The molecule has 2 N–H and O–H groups in total. The second-order valence-corrected chi connectivity index (χ2v) is 7.60. The van der Waals surface area contributed by atoms with Gasteiger partial charge in [0.25, 0.3) is 0 Å². The summed E-state index contributed by atoms with van der Waals surface area (Å²) in [5.41, 5.74) is 6.31. The minimum atomic E-state index is -1.28. The smallest absolute Gasteiger partial charge is 0.319 e. The van der Waals surface area contributed by atoms with Gasteiger partial charge in [-0.2, -0.15) is 0 Å². The number of alkyl halides is 1. The lowest BCUT2D eigenvalue weighted by Gasteiger charge is -2.42. The molecule has 1 aromatic heterocycles. The zero-order chi connectivity index (χ0) is 20.8. The van der Waals surface area contributed by atoms with Crippen molar-refractivity contribution < 1.29 is 18.3 Å². The Bertz CT molecular complexity index is 1100. The number of urea groups is 1. The van der Waals surface area contributed by atoms with E-state index in [9.17, 15) is 13.6 Å². The fraction of sp³-hybridized carbons (Fsp3) is 0.273. The molecule has 29 heavy (non-hydrogen) atoms. The van der Waals surface area contributed by atoms with Gasteiger partial charge in [0.2, 0.25) is 0 Å². The van der Waals surface area contributed by atoms with Gasteiger partial charge >= 0.3 is 6.03 Å². The van der Waals surface area contributed by atoms with Gasteiger partial charge in [0.15, 0.2) is 11.6 Å². The van der Waals surface area contributed by atoms with E-state index in [2.05, 4.69) is 4.98 Å². The highest BCUT2D eigenvalue weighted by Gasteiger charge is 2.43. The number of pyridine rings is 1. The van der Waals surface area contributed by atoms with Crippen LogP contribution in [-0.2, 0) is 0 Å². The number of nitrogens with two attached hydrogens (primary N) is 1. The van der Waals surface area contributed by atoms with Gasteiger partial charge in [-0.1, -0.05) is 24.3 Å². The minimum absolute atomic E-state index is 0.0479. The number of carbonyl (C=O) groups is 1. The number of carbonyl (C=O) groups excluding carboxylic acids is 1. The first kappa shape index (κ1) is 19.1. The van der Waals surface area contributed by atoms with Crippen molar-refractivity contribution in [3.8, 4) is 5.75 Å². The first-order valence-electron chi connectivity index (χ1n) is 9.30. The van der Waals surface area contributed by atoms with Crippen LogP contribution in [0.25, 0.3) is 10.8 Å². The Kier molecular flexibility index (Phi) is 4.61. The van der Waals surface area contributed by atoms with Gasteiger partial charge in [0, 0.05) is 34.6 Å². The number of anilines is 1. The molecule has 2 atom stereocenters. The number of fused-ring (bicyclic) bond motifs is 2. The number of benzene rings is 2. The summed E-state index contributed by atoms with van der Waals surface area (Å²) in [5.74, 6) is -0.650. The second kappa shape index (κ2) is 6.99.